The molecule has 164 valence electrons. The summed E-state index contributed by atoms with van der Waals surface area (Å²) in [5.74, 6) is 1.43. The molecule has 6 nitrogen and oxygen atoms in total. The molecule has 1 atom stereocenters. The number of hydrogen-bond acceptors (Lipinski definition) is 4. The van der Waals surface area contributed by atoms with Crippen LogP contribution < -0.4 is 15.4 Å². The van der Waals surface area contributed by atoms with Gasteiger partial charge < -0.3 is 20.1 Å². The Bertz CT molecular complexity index is 662. The van der Waals surface area contributed by atoms with Crippen molar-refractivity contribution in [2.75, 3.05) is 46.9 Å². The minimum Gasteiger partial charge on any atom is -0.488 e. The van der Waals surface area contributed by atoms with Crippen LogP contribution >= 0.6 is 0 Å². The van der Waals surface area contributed by atoms with Gasteiger partial charge in [0.05, 0.1) is 19.8 Å². The Labute approximate surface area is 170 Å². The summed E-state index contributed by atoms with van der Waals surface area (Å²) < 4.78 is 48.5. The van der Waals surface area contributed by atoms with Crippen molar-refractivity contribution in [1.82, 2.24) is 15.5 Å². The highest BCUT2D eigenvalue weighted by Crippen LogP contribution is 2.23. The van der Waals surface area contributed by atoms with Gasteiger partial charge in [0.15, 0.2) is 5.96 Å². The van der Waals surface area contributed by atoms with Crippen LogP contribution in [0.2, 0.25) is 0 Å². The predicted molar refractivity (Wildman–Crippen MR) is 107 cm³/mol. The van der Waals surface area contributed by atoms with E-state index in [1.54, 1.807) is 7.05 Å². The smallest absolute Gasteiger partial charge is 0.401 e. The molecule has 0 spiro atoms. The molecule has 1 aromatic rings. The lowest BCUT2D eigenvalue weighted by Gasteiger charge is -2.19. The third kappa shape index (κ3) is 8.91. The van der Waals surface area contributed by atoms with E-state index in [4.69, 9.17) is 9.47 Å². The van der Waals surface area contributed by atoms with Crippen molar-refractivity contribution in [2.45, 2.75) is 38.6 Å². The lowest BCUT2D eigenvalue weighted by molar-refractivity contribution is -0.143. The molecule has 0 aliphatic carbocycles. The highest BCUT2D eigenvalue weighted by Gasteiger charge is 2.28. The lowest BCUT2D eigenvalue weighted by Crippen LogP contribution is -2.39. The van der Waals surface area contributed by atoms with Crippen LogP contribution in [0.15, 0.2) is 23.2 Å². The van der Waals surface area contributed by atoms with E-state index in [1.807, 2.05) is 25.1 Å². The molecule has 0 aromatic heterocycles. The fourth-order valence-electron chi connectivity index (χ4n) is 3.04. The number of benzene rings is 1. The second kappa shape index (κ2) is 11.3. The van der Waals surface area contributed by atoms with Crippen LogP contribution in [-0.2, 0) is 11.3 Å². The van der Waals surface area contributed by atoms with Gasteiger partial charge in [-0.15, -0.1) is 0 Å². The first-order chi connectivity index (χ1) is 13.8. The van der Waals surface area contributed by atoms with Gasteiger partial charge in [0, 0.05) is 32.1 Å². The molecule has 1 heterocycles. The summed E-state index contributed by atoms with van der Waals surface area (Å²) in [6.45, 7) is 3.84. The molecule has 0 amide bonds. The topological polar surface area (TPSA) is 58.1 Å². The Morgan fingerprint density at radius 2 is 2.14 bits per heavy atom. The fourth-order valence-corrected chi connectivity index (χ4v) is 3.04. The quantitative estimate of drug-likeness (QED) is 0.368. The molecule has 9 heteroatoms. The molecule has 1 aromatic carbocycles. The molecular weight excluding hydrogens is 385 g/mol. The van der Waals surface area contributed by atoms with Crippen molar-refractivity contribution in [3.63, 3.8) is 0 Å². The summed E-state index contributed by atoms with van der Waals surface area (Å²) in [7, 11) is 3.13. The minimum atomic E-state index is -4.17. The molecule has 1 saturated heterocycles. The zero-order chi connectivity index (χ0) is 21.3. The van der Waals surface area contributed by atoms with E-state index in [9.17, 15) is 13.2 Å². The van der Waals surface area contributed by atoms with E-state index < -0.39 is 12.7 Å². The van der Waals surface area contributed by atoms with Crippen molar-refractivity contribution in [3.8, 4) is 5.75 Å². The first-order valence-electron chi connectivity index (χ1n) is 9.80. The van der Waals surface area contributed by atoms with Crippen LogP contribution in [-0.4, -0.2) is 70.1 Å². The second-order valence-corrected chi connectivity index (χ2v) is 7.27. The molecule has 2 N–H and O–H groups in total. The van der Waals surface area contributed by atoms with Crippen LogP contribution in [0.1, 0.15) is 24.0 Å². The van der Waals surface area contributed by atoms with Crippen LogP contribution in [0, 0.1) is 6.92 Å². The number of rotatable bonds is 9. The molecule has 1 aliphatic rings. The van der Waals surface area contributed by atoms with Crippen LogP contribution in [0.25, 0.3) is 0 Å². The molecule has 29 heavy (non-hydrogen) atoms. The van der Waals surface area contributed by atoms with E-state index in [1.165, 1.54) is 11.9 Å². The SMILES string of the molecule is CN=C(NCCCN(C)CC(F)(F)F)NCc1ccc(C)cc1OC1CCOC1. The number of hydrogen-bond donors (Lipinski definition) is 2. The largest absolute Gasteiger partial charge is 0.488 e. The third-order valence-electron chi connectivity index (χ3n) is 4.53. The van der Waals surface area contributed by atoms with Crippen molar-refractivity contribution in [3.05, 3.63) is 29.3 Å². The van der Waals surface area contributed by atoms with Crippen molar-refractivity contribution in [1.29, 1.82) is 0 Å². The van der Waals surface area contributed by atoms with Crippen LogP contribution in [0.4, 0.5) is 13.2 Å². The van der Waals surface area contributed by atoms with E-state index in [0.717, 1.165) is 29.9 Å². The zero-order valence-electron chi connectivity index (χ0n) is 17.3. The Hall–Kier alpha value is -2.00. The van der Waals surface area contributed by atoms with Gasteiger partial charge in [-0.05, 0) is 38.6 Å². The maximum absolute atomic E-state index is 12.3. The van der Waals surface area contributed by atoms with Gasteiger partial charge in [0.25, 0.3) is 0 Å². The Balaban J connectivity index is 1.78. The van der Waals surface area contributed by atoms with Crippen molar-refractivity contribution in [2.24, 2.45) is 4.99 Å². The number of halogens is 3. The molecule has 2 rings (SSSR count). The summed E-state index contributed by atoms with van der Waals surface area (Å²) in [6.07, 6.45) is -2.64. The highest BCUT2D eigenvalue weighted by atomic mass is 19.4. The average Bonchev–Trinajstić information content (AvgIpc) is 3.14. The number of nitrogens with one attached hydrogen (secondary N) is 2. The third-order valence-corrected chi connectivity index (χ3v) is 4.53. The monoisotopic (exact) mass is 416 g/mol. The average molecular weight is 416 g/mol. The first-order valence-corrected chi connectivity index (χ1v) is 9.80. The second-order valence-electron chi connectivity index (χ2n) is 7.27. The highest BCUT2D eigenvalue weighted by molar-refractivity contribution is 5.79. The van der Waals surface area contributed by atoms with Crippen molar-refractivity contribution < 1.29 is 22.6 Å². The minimum absolute atomic E-state index is 0.0710. The number of alkyl halides is 3. The van der Waals surface area contributed by atoms with Gasteiger partial charge >= 0.3 is 6.18 Å². The van der Waals surface area contributed by atoms with E-state index in [0.29, 0.717) is 38.6 Å². The number of ether oxygens (including phenoxy) is 2. The van der Waals surface area contributed by atoms with Crippen LogP contribution in [0.5, 0.6) is 5.75 Å². The molecule has 1 fully saturated rings. The Kier molecular flexibility index (Phi) is 9.03. The standard InChI is InChI=1S/C20H31F3N4O2/c1-15-5-6-16(18(11-15)29-17-7-10-28-13-17)12-26-19(24-2)25-8-4-9-27(3)14-20(21,22)23/h5-6,11,17H,4,7-10,12-14H2,1-3H3,(H2,24,25,26). The maximum atomic E-state index is 12.3. The summed E-state index contributed by atoms with van der Waals surface area (Å²) in [6, 6.07) is 6.07. The van der Waals surface area contributed by atoms with Gasteiger partial charge in [-0.3, -0.25) is 9.89 Å². The maximum Gasteiger partial charge on any atom is 0.401 e. The van der Waals surface area contributed by atoms with Gasteiger partial charge in [0.2, 0.25) is 0 Å². The van der Waals surface area contributed by atoms with Gasteiger partial charge in [-0.25, -0.2) is 0 Å². The predicted octanol–water partition coefficient (Wildman–Crippen LogP) is 2.71. The number of guanidine groups is 1. The number of aliphatic imine (C=N–C) groups is 1. The Morgan fingerprint density at radius 1 is 1.34 bits per heavy atom. The van der Waals surface area contributed by atoms with Gasteiger partial charge in [-0.2, -0.15) is 13.2 Å². The van der Waals surface area contributed by atoms with Gasteiger partial charge in [0.1, 0.15) is 11.9 Å². The summed E-state index contributed by atoms with van der Waals surface area (Å²) in [5, 5.41) is 6.36. The molecular formula is C20H31F3N4O2. The number of nitrogens with zero attached hydrogens (tertiary/aromatic N) is 2. The van der Waals surface area contributed by atoms with Crippen molar-refractivity contribution >= 4 is 5.96 Å². The van der Waals surface area contributed by atoms with E-state index in [2.05, 4.69) is 15.6 Å². The molecule has 1 unspecified atom stereocenters. The summed E-state index contributed by atoms with van der Waals surface area (Å²) >= 11 is 0. The normalized spacial score (nSPS) is 17.6. The van der Waals surface area contributed by atoms with Gasteiger partial charge in [-0.1, -0.05) is 12.1 Å². The fraction of sp³-hybridized carbons (Fsp3) is 0.650. The summed E-state index contributed by atoms with van der Waals surface area (Å²) in [4.78, 5) is 5.43. The molecule has 1 aliphatic heterocycles. The first kappa shape index (κ1) is 23.3. The molecule has 0 saturated carbocycles. The van der Waals surface area contributed by atoms with E-state index in [-0.39, 0.29) is 6.10 Å². The summed E-state index contributed by atoms with van der Waals surface area (Å²) in [5.41, 5.74) is 2.13. The molecule has 0 bridgehead atoms. The van der Waals surface area contributed by atoms with Crippen LogP contribution in [0.3, 0.4) is 0 Å². The zero-order valence-corrected chi connectivity index (χ0v) is 17.3. The lowest BCUT2D eigenvalue weighted by atomic mass is 10.1. The molecule has 0 radical (unpaired) electrons. The number of aryl methyl sites for hydroxylation is 1. The Morgan fingerprint density at radius 3 is 2.79 bits per heavy atom. The van der Waals surface area contributed by atoms with E-state index >= 15 is 0 Å².